The Bertz CT molecular complexity index is 542. The quantitative estimate of drug-likeness (QED) is 0.800. The number of phenols is 1. The number of nitrogens with zero attached hydrogens (tertiary/aromatic N) is 1. The van der Waals surface area contributed by atoms with Gasteiger partial charge >= 0.3 is 0 Å². The van der Waals surface area contributed by atoms with Crippen LogP contribution in [0.5, 0.6) is 5.75 Å². The molecule has 1 aromatic carbocycles. The Hall–Kier alpha value is -1.86. The van der Waals surface area contributed by atoms with Crippen LogP contribution in [0.2, 0.25) is 0 Å². The fourth-order valence-electron chi connectivity index (χ4n) is 1.29. The molecule has 0 unspecified atom stereocenters. The fourth-order valence-corrected chi connectivity index (χ4v) is 2.17. The highest BCUT2D eigenvalue weighted by Crippen LogP contribution is 2.32. The summed E-state index contributed by atoms with van der Waals surface area (Å²) in [4.78, 5) is 0.593. The molecular weight excluding hydrogens is 213 g/mol. The third-order valence-corrected chi connectivity index (χ3v) is 2.93. The molecule has 1 heterocycles. The predicted molar refractivity (Wildman–Crippen MR) is 56.1 cm³/mol. The average molecular weight is 219 g/mol. The van der Waals surface area contributed by atoms with Crippen LogP contribution in [0.1, 0.15) is 5.56 Å². The molecule has 1 N–H and O–H groups in total. The van der Waals surface area contributed by atoms with Gasteiger partial charge in [0.05, 0.1) is 10.4 Å². The summed E-state index contributed by atoms with van der Waals surface area (Å²) in [7, 11) is 0. The molecule has 4 heteroatoms. The molecule has 0 atom stereocenters. The molecule has 0 spiro atoms. The Morgan fingerprint density at radius 1 is 1.33 bits per heavy atom. The van der Waals surface area contributed by atoms with Crippen LogP contribution in [-0.2, 0) is 0 Å². The van der Waals surface area contributed by atoms with Gasteiger partial charge in [-0.25, -0.2) is 4.39 Å². The van der Waals surface area contributed by atoms with Gasteiger partial charge in [-0.15, -0.1) is 11.3 Å². The second kappa shape index (κ2) is 3.71. The van der Waals surface area contributed by atoms with Crippen LogP contribution in [0, 0.1) is 17.1 Å². The highest BCUT2D eigenvalue weighted by molar-refractivity contribution is 7.13. The maximum Gasteiger partial charge on any atom is 0.135 e. The van der Waals surface area contributed by atoms with E-state index >= 15 is 0 Å². The molecule has 1 aromatic heterocycles. The first-order chi connectivity index (χ1) is 7.22. The van der Waals surface area contributed by atoms with Crippen molar-refractivity contribution < 1.29 is 9.50 Å². The zero-order chi connectivity index (χ0) is 10.8. The van der Waals surface area contributed by atoms with Crippen LogP contribution < -0.4 is 0 Å². The standard InChI is InChI=1S/C11H6FNOS/c12-10-5-8(14)1-2-9(10)11-7(6-13)3-4-15-11/h1-5,14H. The molecule has 0 aliphatic heterocycles. The zero-order valence-electron chi connectivity index (χ0n) is 7.57. The third-order valence-electron chi connectivity index (χ3n) is 1.98. The van der Waals surface area contributed by atoms with E-state index in [1.807, 2.05) is 6.07 Å². The third kappa shape index (κ3) is 1.69. The summed E-state index contributed by atoms with van der Waals surface area (Å²) in [5.41, 5.74) is 0.795. The van der Waals surface area contributed by atoms with Crippen LogP contribution >= 0.6 is 11.3 Å². The number of halogens is 1. The van der Waals surface area contributed by atoms with Gasteiger partial charge in [-0.1, -0.05) is 0 Å². The van der Waals surface area contributed by atoms with Gasteiger partial charge in [-0.2, -0.15) is 5.26 Å². The SMILES string of the molecule is N#Cc1ccsc1-c1ccc(O)cc1F. The highest BCUT2D eigenvalue weighted by Gasteiger charge is 2.11. The first kappa shape index (κ1) is 9.69. The van der Waals surface area contributed by atoms with Crippen molar-refractivity contribution in [3.8, 4) is 22.3 Å². The minimum absolute atomic E-state index is 0.119. The summed E-state index contributed by atoms with van der Waals surface area (Å²) in [6.45, 7) is 0. The van der Waals surface area contributed by atoms with Crippen molar-refractivity contribution in [2.45, 2.75) is 0 Å². The second-order valence-electron chi connectivity index (χ2n) is 2.94. The molecule has 0 amide bonds. The number of thiophene rings is 1. The smallest absolute Gasteiger partial charge is 0.135 e. The lowest BCUT2D eigenvalue weighted by atomic mass is 10.1. The Labute approximate surface area is 89.8 Å². The van der Waals surface area contributed by atoms with Crippen LogP contribution in [0.15, 0.2) is 29.6 Å². The van der Waals surface area contributed by atoms with Gasteiger partial charge in [0, 0.05) is 11.6 Å². The molecule has 0 radical (unpaired) electrons. The minimum Gasteiger partial charge on any atom is -0.508 e. The van der Waals surface area contributed by atoms with Crippen molar-refractivity contribution in [3.63, 3.8) is 0 Å². The first-order valence-corrected chi connectivity index (χ1v) is 5.07. The lowest BCUT2D eigenvalue weighted by Crippen LogP contribution is -1.83. The van der Waals surface area contributed by atoms with E-state index in [4.69, 9.17) is 10.4 Å². The topological polar surface area (TPSA) is 44.0 Å². The lowest BCUT2D eigenvalue weighted by molar-refractivity contribution is 0.469. The van der Waals surface area contributed by atoms with Gasteiger partial charge in [0.25, 0.3) is 0 Å². The molecule has 2 aromatic rings. The van der Waals surface area contributed by atoms with E-state index in [0.29, 0.717) is 16.0 Å². The van der Waals surface area contributed by atoms with E-state index in [0.717, 1.165) is 6.07 Å². The summed E-state index contributed by atoms with van der Waals surface area (Å²) < 4.78 is 13.5. The molecule has 2 rings (SSSR count). The molecule has 2 nitrogen and oxygen atoms in total. The summed E-state index contributed by atoms with van der Waals surface area (Å²) in [6.07, 6.45) is 0. The number of benzene rings is 1. The summed E-state index contributed by atoms with van der Waals surface area (Å²) in [5.74, 6) is -0.639. The summed E-state index contributed by atoms with van der Waals surface area (Å²) >= 11 is 1.30. The first-order valence-electron chi connectivity index (χ1n) is 4.19. The van der Waals surface area contributed by atoms with E-state index < -0.39 is 5.82 Å². The zero-order valence-corrected chi connectivity index (χ0v) is 8.38. The van der Waals surface area contributed by atoms with Crippen molar-refractivity contribution in [1.29, 1.82) is 5.26 Å². The second-order valence-corrected chi connectivity index (χ2v) is 3.86. The molecule has 0 aliphatic rings. The number of nitriles is 1. The maximum atomic E-state index is 13.5. The fraction of sp³-hybridized carbons (Fsp3) is 0. The van der Waals surface area contributed by atoms with Crippen molar-refractivity contribution >= 4 is 11.3 Å². The molecule has 0 bridgehead atoms. The Balaban J connectivity index is 2.60. The van der Waals surface area contributed by atoms with E-state index in [1.54, 1.807) is 11.4 Å². The number of rotatable bonds is 1. The van der Waals surface area contributed by atoms with E-state index in [9.17, 15) is 4.39 Å². The van der Waals surface area contributed by atoms with Crippen molar-refractivity contribution in [2.75, 3.05) is 0 Å². The highest BCUT2D eigenvalue weighted by atomic mass is 32.1. The number of phenolic OH excluding ortho intramolecular Hbond substituents is 1. The Morgan fingerprint density at radius 2 is 2.13 bits per heavy atom. The number of hydrogen-bond donors (Lipinski definition) is 1. The van der Waals surface area contributed by atoms with Gasteiger partial charge in [-0.05, 0) is 23.6 Å². The van der Waals surface area contributed by atoms with Gasteiger partial charge in [0.1, 0.15) is 17.6 Å². The van der Waals surface area contributed by atoms with Crippen LogP contribution in [0.3, 0.4) is 0 Å². The van der Waals surface area contributed by atoms with Crippen LogP contribution in [-0.4, -0.2) is 5.11 Å². The van der Waals surface area contributed by atoms with Crippen molar-refractivity contribution in [3.05, 3.63) is 41.0 Å². The minimum atomic E-state index is -0.519. The Morgan fingerprint density at radius 3 is 2.80 bits per heavy atom. The largest absolute Gasteiger partial charge is 0.508 e. The predicted octanol–water partition coefficient (Wildman–Crippen LogP) is 3.13. The molecule has 15 heavy (non-hydrogen) atoms. The normalized spacial score (nSPS) is 9.87. The van der Waals surface area contributed by atoms with Crippen molar-refractivity contribution in [2.24, 2.45) is 0 Å². The molecule has 0 fully saturated rings. The number of hydrogen-bond acceptors (Lipinski definition) is 3. The molecule has 74 valence electrons. The molecule has 0 aliphatic carbocycles. The summed E-state index contributed by atoms with van der Waals surface area (Å²) in [5, 5.41) is 19.6. The van der Waals surface area contributed by atoms with E-state index in [-0.39, 0.29) is 5.75 Å². The van der Waals surface area contributed by atoms with Gasteiger partial charge in [0.2, 0.25) is 0 Å². The van der Waals surface area contributed by atoms with Crippen LogP contribution in [0.25, 0.3) is 10.4 Å². The van der Waals surface area contributed by atoms with E-state index in [1.165, 1.54) is 23.5 Å². The maximum absolute atomic E-state index is 13.5. The number of aromatic hydroxyl groups is 1. The summed E-state index contributed by atoms with van der Waals surface area (Å²) in [6, 6.07) is 7.55. The lowest BCUT2D eigenvalue weighted by Gasteiger charge is -2.01. The molecular formula is C11H6FNOS. The van der Waals surface area contributed by atoms with Gasteiger partial charge in [0.15, 0.2) is 0 Å². The molecule has 0 saturated heterocycles. The van der Waals surface area contributed by atoms with Gasteiger partial charge in [-0.3, -0.25) is 0 Å². The van der Waals surface area contributed by atoms with Crippen molar-refractivity contribution in [1.82, 2.24) is 0 Å². The Kier molecular flexibility index (Phi) is 2.40. The average Bonchev–Trinajstić information content (AvgIpc) is 2.65. The monoisotopic (exact) mass is 219 g/mol. The van der Waals surface area contributed by atoms with E-state index in [2.05, 4.69) is 0 Å². The molecule has 0 saturated carbocycles. The van der Waals surface area contributed by atoms with Crippen LogP contribution in [0.4, 0.5) is 4.39 Å². The van der Waals surface area contributed by atoms with Gasteiger partial charge < -0.3 is 5.11 Å².